The van der Waals surface area contributed by atoms with Crippen LogP contribution in [0.4, 0.5) is 0 Å². The number of nitrogens with zero attached hydrogens (tertiary/aromatic N) is 2. The van der Waals surface area contributed by atoms with E-state index in [0.29, 0.717) is 11.7 Å². The minimum absolute atomic E-state index is 0.0523. The first-order valence-electron chi connectivity index (χ1n) is 11.2. The minimum Gasteiger partial charge on any atom is -0.318 e. The number of fused-ring (bicyclic) bond motifs is 1. The number of hydrogen-bond donors (Lipinski definition) is 1. The monoisotopic (exact) mass is 431 g/mol. The first-order chi connectivity index (χ1) is 14.9. The van der Waals surface area contributed by atoms with E-state index in [0.717, 1.165) is 43.3 Å². The lowest BCUT2D eigenvalue weighted by Gasteiger charge is -2.22. The van der Waals surface area contributed by atoms with Gasteiger partial charge in [-0.15, -0.1) is 11.3 Å². The fourth-order valence-electron chi connectivity index (χ4n) is 5.11. The van der Waals surface area contributed by atoms with Crippen molar-refractivity contribution in [3.63, 3.8) is 0 Å². The quantitative estimate of drug-likeness (QED) is 0.391. The van der Waals surface area contributed by atoms with Crippen LogP contribution in [0.25, 0.3) is 27.3 Å². The number of benzene rings is 1. The SMILES string of the molecule is Cc1sc2nc(-c3cc(C)n(-c4ccc(C5CCCCC5)cc4)c3C)[nH]c(=O)c2c1C. The molecule has 3 aromatic heterocycles. The van der Waals surface area contributed by atoms with Crippen molar-refractivity contribution in [2.75, 3.05) is 0 Å². The standard InChI is InChI=1S/C26H29N3OS/c1-15-14-22(24-27-25(30)23-16(2)18(4)31-26(23)28-24)17(3)29(15)21-12-10-20(11-13-21)19-8-6-5-7-9-19/h10-14,19H,5-9H2,1-4H3,(H,27,28,30). The van der Waals surface area contributed by atoms with Crippen molar-refractivity contribution in [1.82, 2.24) is 14.5 Å². The number of aromatic nitrogens is 3. The second-order valence-electron chi connectivity index (χ2n) is 8.92. The van der Waals surface area contributed by atoms with Crippen molar-refractivity contribution < 1.29 is 0 Å². The summed E-state index contributed by atoms with van der Waals surface area (Å²) in [6.45, 7) is 8.26. The summed E-state index contributed by atoms with van der Waals surface area (Å²) >= 11 is 1.59. The van der Waals surface area contributed by atoms with Gasteiger partial charge >= 0.3 is 0 Å². The first kappa shape index (κ1) is 20.3. The number of aromatic amines is 1. The van der Waals surface area contributed by atoms with Gasteiger partial charge in [-0.25, -0.2) is 4.98 Å². The zero-order valence-corrected chi connectivity index (χ0v) is 19.5. The molecule has 5 heteroatoms. The van der Waals surface area contributed by atoms with E-state index < -0.39 is 0 Å². The first-order valence-corrected chi connectivity index (χ1v) is 12.1. The minimum atomic E-state index is -0.0523. The highest BCUT2D eigenvalue weighted by Gasteiger charge is 2.19. The van der Waals surface area contributed by atoms with E-state index in [2.05, 4.69) is 53.7 Å². The molecule has 1 aromatic carbocycles. The third-order valence-corrected chi connectivity index (χ3v) is 8.05. The van der Waals surface area contributed by atoms with Crippen LogP contribution in [-0.4, -0.2) is 14.5 Å². The average Bonchev–Trinajstić information content (AvgIpc) is 3.23. The topological polar surface area (TPSA) is 50.7 Å². The van der Waals surface area contributed by atoms with Crippen molar-refractivity contribution in [3.05, 3.63) is 68.1 Å². The number of H-pyrrole nitrogens is 1. The molecule has 0 bridgehead atoms. The smallest absolute Gasteiger partial charge is 0.260 e. The number of aryl methyl sites for hydroxylation is 3. The molecule has 160 valence electrons. The Balaban J connectivity index is 1.54. The molecule has 1 N–H and O–H groups in total. The Hall–Kier alpha value is -2.66. The summed E-state index contributed by atoms with van der Waals surface area (Å²) in [4.78, 5) is 22.6. The summed E-state index contributed by atoms with van der Waals surface area (Å²) in [5.41, 5.74) is 6.82. The lowest BCUT2D eigenvalue weighted by molar-refractivity contribution is 0.443. The van der Waals surface area contributed by atoms with Crippen LogP contribution in [0.1, 0.15) is 65.4 Å². The summed E-state index contributed by atoms with van der Waals surface area (Å²) in [7, 11) is 0. The average molecular weight is 432 g/mol. The van der Waals surface area contributed by atoms with Crippen LogP contribution in [0.3, 0.4) is 0 Å². The third kappa shape index (κ3) is 3.45. The molecule has 1 aliphatic carbocycles. The lowest BCUT2D eigenvalue weighted by atomic mass is 9.84. The van der Waals surface area contributed by atoms with E-state index in [9.17, 15) is 4.79 Å². The summed E-state index contributed by atoms with van der Waals surface area (Å²) in [5, 5.41) is 0.721. The summed E-state index contributed by atoms with van der Waals surface area (Å²) in [6.07, 6.45) is 6.71. The van der Waals surface area contributed by atoms with E-state index in [1.54, 1.807) is 11.3 Å². The molecule has 0 aliphatic heterocycles. The maximum atomic E-state index is 12.8. The number of rotatable bonds is 3. The summed E-state index contributed by atoms with van der Waals surface area (Å²) in [5.74, 6) is 1.36. The second-order valence-corrected chi connectivity index (χ2v) is 10.1. The van der Waals surface area contributed by atoms with E-state index in [1.807, 2.05) is 13.8 Å². The largest absolute Gasteiger partial charge is 0.318 e. The number of nitrogens with one attached hydrogen (secondary N) is 1. The van der Waals surface area contributed by atoms with Gasteiger partial charge in [0.1, 0.15) is 10.7 Å². The normalized spacial score (nSPS) is 15.1. The molecule has 0 spiro atoms. The fraction of sp³-hybridized carbons (Fsp3) is 0.385. The Morgan fingerprint density at radius 2 is 1.74 bits per heavy atom. The van der Waals surface area contributed by atoms with E-state index in [-0.39, 0.29) is 5.56 Å². The molecule has 0 saturated heterocycles. The van der Waals surface area contributed by atoms with Gasteiger partial charge in [-0.05, 0) is 75.8 Å². The van der Waals surface area contributed by atoms with Crippen LogP contribution in [-0.2, 0) is 0 Å². The predicted molar refractivity (Wildman–Crippen MR) is 130 cm³/mol. The van der Waals surface area contributed by atoms with E-state index >= 15 is 0 Å². The maximum absolute atomic E-state index is 12.8. The van der Waals surface area contributed by atoms with Crippen molar-refractivity contribution >= 4 is 21.6 Å². The van der Waals surface area contributed by atoms with Gasteiger partial charge in [0.2, 0.25) is 0 Å². The zero-order valence-electron chi connectivity index (χ0n) is 18.7. The number of thiophene rings is 1. The molecule has 0 amide bonds. The molecular weight excluding hydrogens is 402 g/mol. The third-order valence-electron chi connectivity index (χ3n) is 6.95. The van der Waals surface area contributed by atoms with Gasteiger partial charge in [0, 0.05) is 27.5 Å². The molecular formula is C26H29N3OS. The molecule has 5 rings (SSSR count). The molecule has 1 aliphatic rings. The molecule has 0 atom stereocenters. The van der Waals surface area contributed by atoms with Crippen LogP contribution in [0, 0.1) is 27.7 Å². The second kappa shape index (κ2) is 7.79. The Kier molecular flexibility index (Phi) is 5.09. The van der Waals surface area contributed by atoms with Gasteiger partial charge in [0.05, 0.1) is 5.39 Å². The zero-order chi connectivity index (χ0) is 21.7. The highest BCUT2D eigenvalue weighted by Crippen LogP contribution is 2.34. The molecule has 0 unspecified atom stereocenters. The molecule has 1 saturated carbocycles. The van der Waals surface area contributed by atoms with Gasteiger partial charge in [0.15, 0.2) is 0 Å². The van der Waals surface area contributed by atoms with Crippen molar-refractivity contribution in [1.29, 1.82) is 0 Å². The van der Waals surface area contributed by atoms with Crippen LogP contribution >= 0.6 is 11.3 Å². The molecule has 4 nitrogen and oxygen atoms in total. The van der Waals surface area contributed by atoms with Crippen LogP contribution in [0.5, 0.6) is 0 Å². The Morgan fingerprint density at radius 3 is 2.45 bits per heavy atom. The fourth-order valence-corrected chi connectivity index (χ4v) is 6.14. The van der Waals surface area contributed by atoms with E-state index in [1.165, 1.54) is 37.7 Å². The number of hydrogen-bond acceptors (Lipinski definition) is 3. The Bertz CT molecular complexity index is 1320. The van der Waals surface area contributed by atoms with Crippen molar-refractivity contribution in [2.45, 2.75) is 65.7 Å². The highest BCUT2D eigenvalue weighted by molar-refractivity contribution is 7.18. The van der Waals surface area contributed by atoms with Crippen LogP contribution in [0.15, 0.2) is 35.1 Å². The molecule has 1 fully saturated rings. The van der Waals surface area contributed by atoms with Gasteiger partial charge in [0.25, 0.3) is 5.56 Å². The van der Waals surface area contributed by atoms with Crippen LogP contribution < -0.4 is 5.56 Å². The molecule has 4 aromatic rings. The van der Waals surface area contributed by atoms with Gasteiger partial charge in [-0.2, -0.15) is 0 Å². The maximum Gasteiger partial charge on any atom is 0.260 e. The summed E-state index contributed by atoms with van der Waals surface area (Å²) in [6, 6.07) is 11.2. The van der Waals surface area contributed by atoms with Crippen LogP contribution in [0.2, 0.25) is 0 Å². The van der Waals surface area contributed by atoms with Gasteiger partial charge in [-0.3, -0.25) is 4.79 Å². The van der Waals surface area contributed by atoms with Crippen molar-refractivity contribution in [2.24, 2.45) is 0 Å². The molecule has 3 heterocycles. The lowest BCUT2D eigenvalue weighted by Crippen LogP contribution is -2.09. The summed E-state index contributed by atoms with van der Waals surface area (Å²) < 4.78 is 2.26. The van der Waals surface area contributed by atoms with Crippen molar-refractivity contribution in [3.8, 4) is 17.1 Å². The predicted octanol–water partition coefficient (Wildman–Crippen LogP) is 6.72. The molecule has 31 heavy (non-hydrogen) atoms. The Labute approximate surface area is 187 Å². The van der Waals surface area contributed by atoms with Gasteiger partial charge < -0.3 is 9.55 Å². The van der Waals surface area contributed by atoms with Gasteiger partial charge in [-0.1, -0.05) is 31.4 Å². The Morgan fingerprint density at radius 1 is 1.03 bits per heavy atom. The molecule has 0 radical (unpaired) electrons. The van der Waals surface area contributed by atoms with E-state index in [4.69, 9.17) is 4.98 Å². The highest BCUT2D eigenvalue weighted by atomic mass is 32.1.